The van der Waals surface area contributed by atoms with Crippen LogP contribution >= 0.6 is 0 Å². The van der Waals surface area contributed by atoms with Crippen molar-refractivity contribution in [3.05, 3.63) is 0 Å². The minimum Gasteiger partial charge on any atom is -0.330 e. The lowest BCUT2D eigenvalue weighted by Crippen LogP contribution is -2.63. The van der Waals surface area contributed by atoms with Gasteiger partial charge in [0.15, 0.2) is 0 Å². The Morgan fingerprint density at radius 3 is 2.50 bits per heavy atom. The normalized spacial score (nSPS) is 27.6. The molecule has 1 unspecified atom stereocenters. The first-order valence-electron chi connectivity index (χ1n) is 6.52. The van der Waals surface area contributed by atoms with Crippen LogP contribution in [0.3, 0.4) is 0 Å². The smallest absolute Gasteiger partial charge is 0.0280 e. The summed E-state index contributed by atoms with van der Waals surface area (Å²) >= 11 is 0. The molecule has 1 aliphatic rings. The van der Waals surface area contributed by atoms with Gasteiger partial charge in [-0.15, -0.1) is 0 Å². The second-order valence-corrected chi connectivity index (χ2v) is 6.24. The highest BCUT2D eigenvalue weighted by Crippen LogP contribution is 2.25. The zero-order chi connectivity index (χ0) is 12.3. The van der Waals surface area contributed by atoms with E-state index in [0.29, 0.717) is 6.04 Å². The molecule has 0 aromatic carbocycles. The number of piperazine rings is 1. The van der Waals surface area contributed by atoms with Gasteiger partial charge in [-0.25, -0.2) is 0 Å². The van der Waals surface area contributed by atoms with Crippen molar-refractivity contribution >= 4 is 0 Å². The lowest BCUT2D eigenvalue weighted by atomic mass is 9.93. The summed E-state index contributed by atoms with van der Waals surface area (Å²) in [6, 6.07) is 0.618. The van der Waals surface area contributed by atoms with Gasteiger partial charge in [-0.2, -0.15) is 0 Å². The van der Waals surface area contributed by atoms with E-state index in [2.05, 4.69) is 44.5 Å². The van der Waals surface area contributed by atoms with Crippen molar-refractivity contribution in [1.82, 2.24) is 9.80 Å². The summed E-state index contributed by atoms with van der Waals surface area (Å²) in [5, 5.41) is 0. The number of hydrogen-bond donors (Lipinski definition) is 1. The number of rotatable bonds is 4. The topological polar surface area (TPSA) is 32.5 Å². The maximum absolute atomic E-state index is 5.71. The minimum atomic E-state index is 0.271. The van der Waals surface area contributed by atoms with E-state index in [9.17, 15) is 0 Å². The SMILES string of the molecule is CC(C)CN1CC(CCN)N(C)C(C)(C)C1. The predicted octanol–water partition coefficient (Wildman–Crippen LogP) is 1.39. The molecule has 3 nitrogen and oxygen atoms in total. The van der Waals surface area contributed by atoms with Crippen LogP contribution in [0.1, 0.15) is 34.1 Å². The summed E-state index contributed by atoms with van der Waals surface area (Å²) < 4.78 is 0. The van der Waals surface area contributed by atoms with Crippen LogP contribution in [0.4, 0.5) is 0 Å². The van der Waals surface area contributed by atoms with Gasteiger partial charge < -0.3 is 5.73 Å². The molecule has 0 radical (unpaired) electrons. The van der Waals surface area contributed by atoms with E-state index >= 15 is 0 Å². The molecule has 16 heavy (non-hydrogen) atoms. The Labute approximate surface area is 101 Å². The molecule has 0 amide bonds. The van der Waals surface area contributed by atoms with Crippen LogP contribution in [-0.2, 0) is 0 Å². The number of hydrogen-bond acceptors (Lipinski definition) is 3. The zero-order valence-electron chi connectivity index (χ0n) is 11.7. The third kappa shape index (κ3) is 3.44. The van der Waals surface area contributed by atoms with Crippen LogP contribution in [-0.4, -0.2) is 54.6 Å². The third-order valence-electron chi connectivity index (χ3n) is 3.71. The van der Waals surface area contributed by atoms with Crippen molar-refractivity contribution in [2.45, 2.75) is 45.7 Å². The van der Waals surface area contributed by atoms with Gasteiger partial charge in [0.1, 0.15) is 0 Å². The Morgan fingerprint density at radius 2 is 2.00 bits per heavy atom. The summed E-state index contributed by atoms with van der Waals surface area (Å²) in [4.78, 5) is 5.11. The van der Waals surface area contributed by atoms with Gasteiger partial charge in [-0.1, -0.05) is 13.8 Å². The van der Waals surface area contributed by atoms with Crippen molar-refractivity contribution in [3.63, 3.8) is 0 Å². The minimum absolute atomic E-state index is 0.271. The van der Waals surface area contributed by atoms with Gasteiger partial charge in [0.2, 0.25) is 0 Å². The molecule has 1 heterocycles. The van der Waals surface area contributed by atoms with E-state index in [1.165, 1.54) is 19.6 Å². The molecule has 1 saturated heterocycles. The van der Waals surface area contributed by atoms with Crippen LogP contribution in [0.5, 0.6) is 0 Å². The lowest BCUT2D eigenvalue weighted by molar-refractivity contribution is -0.0124. The largest absolute Gasteiger partial charge is 0.330 e. The molecule has 2 N–H and O–H groups in total. The van der Waals surface area contributed by atoms with Crippen molar-refractivity contribution in [2.75, 3.05) is 33.2 Å². The molecule has 1 fully saturated rings. The Kier molecular flexibility index (Phi) is 4.77. The highest BCUT2D eigenvalue weighted by molar-refractivity contribution is 4.94. The highest BCUT2D eigenvalue weighted by Gasteiger charge is 2.36. The molecular weight excluding hydrogens is 198 g/mol. The second kappa shape index (κ2) is 5.48. The fourth-order valence-electron chi connectivity index (χ4n) is 2.77. The Balaban J connectivity index is 2.65. The van der Waals surface area contributed by atoms with E-state index in [4.69, 9.17) is 5.73 Å². The molecule has 0 spiro atoms. The van der Waals surface area contributed by atoms with Gasteiger partial charge in [-0.3, -0.25) is 9.80 Å². The van der Waals surface area contributed by atoms with Crippen molar-refractivity contribution in [3.8, 4) is 0 Å². The summed E-state index contributed by atoms with van der Waals surface area (Å²) in [6.07, 6.45) is 1.11. The maximum Gasteiger partial charge on any atom is 0.0280 e. The van der Waals surface area contributed by atoms with Crippen molar-refractivity contribution < 1.29 is 0 Å². The summed E-state index contributed by atoms with van der Waals surface area (Å²) in [5.41, 5.74) is 5.98. The first kappa shape index (κ1) is 13.9. The molecular formula is C13H29N3. The molecule has 1 atom stereocenters. The van der Waals surface area contributed by atoms with Gasteiger partial charge >= 0.3 is 0 Å². The summed E-state index contributed by atoms with van der Waals surface area (Å²) in [7, 11) is 2.24. The highest BCUT2D eigenvalue weighted by atomic mass is 15.3. The fourth-order valence-corrected chi connectivity index (χ4v) is 2.77. The van der Waals surface area contributed by atoms with Crippen LogP contribution in [0.15, 0.2) is 0 Å². The summed E-state index contributed by atoms with van der Waals surface area (Å²) in [5.74, 6) is 0.748. The molecule has 0 aromatic rings. The quantitative estimate of drug-likeness (QED) is 0.788. The van der Waals surface area contributed by atoms with Crippen LogP contribution in [0, 0.1) is 5.92 Å². The summed E-state index contributed by atoms with van der Waals surface area (Å²) in [6.45, 7) is 13.6. The van der Waals surface area contributed by atoms with E-state index in [1.807, 2.05) is 0 Å². The molecule has 0 aromatic heterocycles. The van der Waals surface area contributed by atoms with Gasteiger partial charge in [0.25, 0.3) is 0 Å². The first-order valence-corrected chi connectivity index (χ1v) is 6.52. The Bertz CT molecular complexity index is 213. The van der Waals surface area contributed by atoms with Crippen LogP contribution in [0.25, 0.3) is 0 Å². The number of likely N-dealkylation sites (N-methyl/N-ethyl adjacent to an activating group) is 1. The zero-order valence-corrected chi connectivity index (χ0v) is 11.7. The van der Waals surface area contributed by atoms with Gasteiger partial charge in [0, 0.05) is 31.2 Å². The van der Waals surface area contributed by atoms with Gasteiger partial charge in [-0.05, 0) is 39.8 Å². The van der Waals surface area contributed by atoms with Crippen LogP contribution in [0.2, 0.25) is 0 Å². The lowest BCUT2D eigenvalue weighted by Gasteiger charge is -2.50. The van der Waals surface area contributed by atoms with Crippen molar-refractivity contribution in [2.24, 2.45) is 11.7 Å². The molecule has 0 aliphatic carbocycles. The van der Waals surface area contributed by atoms with Crippen LogP contribution < -0.4 is 5.73 Å². The predicted molar refractivity (Wildman–Crippen MR) is 70.6 cm³/mol. The second-order valence-electron chi connectivity index (χ2n) is 6.24. The van der Waals surface area contributed by atoms with E-state index in [0.717, 1.165) is 18.9 Å². The molecule has 1 rings (SSSR count). The Hall–Kier alpha value is -0.120. The fraction of sp³-hybridized carbons (Fsp3) is 1.00. The molecule has 0 bridgehead atoms. The third-order valence-corrected chi connectivity index (χ3v) is 3.71. The monoisotopic (exact) mass is 227 g/mol. The molecule has 0 saturated carbocycles. The van der Waals surface area contributed by atoms with E-state index < -0.39 is 0 Å². The van der Waals surface area contributed by atoms with Gasteiger partial charge in [0.05, 0.1) is 0 Å². The van der Waals surface area contributed by atoms with E-state index in [-0.39, 0.29) is 5.54 Å². The maximum atomic E-state index is 5.71. The molecule has 1 aliphatic heterocycles. The first-order chi connectivity index (χ1) is 7.36. The average molecular weight is 227 g/mol. The number of nitrogens with zero attached hydrogens (tertiary/aromatic N) is 2. The average Bonchev–Trinajstić information content (AvgIpc) is 2.12. The number of nitrogens with two attached hydrogens (primary N) is 1. The Morgan fingerprint density at radius 1 is 1.38 bits per heavy atom. The van der Waals surface area contributed by atoms with Crippen molar-refractivity contribution in [1.29, 1.82) is 0 Å². The molecule has 96 valence electrons. The standard InChI is InChI=1S/C13H29N3/c1-11(2)8-16-9-12(6-7-14)15(5)13(3,4)10-16/h11-12H,6-10,14H2,1-5H3. The molecule has 3 heteroatoms. The van der Waals surface area contributed by atoms with E-state index in [1.54, 1.807) is 0 Å².